The maximum absolute atomic E-state index is 5.91. The molecule has 3 rings (SSSR count). The number of pyridine rings is 1. The van der Waals surface area contributed by atoms with Gasteiger partial charge < -0.3 is 10.1 Å². The molecule has 0 radical (unpaired) electrons. The molecule has 2 aromatic rings. The summed E-state index contributed by atoms with van der Waals surface area (Å²) in [4.78, 5) is 4.20. The number of fused-ring (bicyclic) bond motifs is 1. The molecule has 1 atom stereocenters. The molecule has 1 aliphatic rings. The van der Waals surface area contributed by atoms with Gasteiger partial charge in [0.15, 0.2) is 0 Å². The molecule has 1 aliphatic carbocycles. The first-order valence-electron chi connectivity index (χ1n) is 7.66. The molecule has 0 fully saturated rings. The third kappa shape index (κ3) is 3.24. The Kier molecular flexibility index (Phi) is 4.20. The van der Waals surface area contributed by atoms with E-state index in [0.29, 0.717) is 12.6 Å². The second kappa shape index (κ2) is 6.27. The standard InChI is InChI=1S/C18H22N2O/c1-3-20-18-7-4-15-9-16(5-6-17(15)18)21-12-14-8-13(2)10-19-11-14/h5-6,8-11,18,20H,3-4,7,12H2,1-2H3. The molecule has 0 saturated heterocycles. The number of hydrogen-bond donors (Lipinski definition) is 1. The fraction of sp³-hybridized carbons (Fsp3) is 0.389. The van der Waals surface area contributed by atoms with Crippen molar-refractivity contribution in [2.75, 3.05) is 6.54 Å². The van der Waals surface area contributed by atoms with E-state index >= 15 is 0 Å². The second-order valence-corrected chi connectivity index (χ2v) is 5.67. The van der Waals surface area contributed by atoms with Gasteiger partial charge in [-0.05, 0) is 61.2 Å². The van der Waals surface area contributed by atoms with Crippen LogP contribution in [0.5, 0.6) is 5.75 Å². The average molecular weight is 282 g/mol. The second-order valence-electron chi connectivity index (χ2n) is 5.67. The molecule has 1 heterocycles. The first-order valence-corrected chi connectivity index (χ1v) is 7.66. The molecule has 1 aromatic carbocycles. The van der Waals surface area contributed by atoms with Crippen LogP contribution in [0.1, 0.15) is 41.6 Å². The molecule has 3 nitrogen and oxygen atoms in total. The number of nitrogens with zero attached hydrogens (tertiary/aromatic N) is 1. The zero-order valence-electron chi connectivity index (χ0n) is 12.7. The zero-order chi connectivity index (χ0) is 14.7. The van der Waals surface area contributed by atoms with E-state index in [1.54, 1.807) is 0 Å². The molecular formula is C18H22N2O. The third-order valence-electron chi connectivity index (χ3n) is 3.98. The summed E-state index contributed by atoms with van der Waals surface area (Å²) < 4.78 is 5.91. The largest absolute Gasteiger partial charge is 0.489 e. The van der Waals surface area contributed by atoms with E-state index in [1.807, 2.05) is 19.3 Å². The lowest BCUT2D eigenvalue weighted by Crippen LogP contribution is -2.18. The van der Waals surface area contributed by atoms with E-state index < -0.39 is 0 Å². The van der Waals surface area contributed by atoms with Crippen molar-refractivity contribution < 1.29 is 4.74 Å². The number of nitrogens with one attached hydrogen (secondary N) is 1. The third-order valence-corrected chi connectivity index (χ3v) is 3.98. The quantitative estimate of drug-likeness (QED) is 0.910. The van der Waals surface area contributed by atoms with Crippen LogP contribution in [0.3, 0.4) is 0 Å². The molecule has 0 amide bonds. The maximum Gasteiger partial charge on any atom is 0.120 e. The molecule has 1 unspecified atom stereocenters. The summed E-state index contributed by atoms with van der Waals surface area (Å²) in [6, 6.07) is 9.11. The monoisotopic (exact) mass is 282 g/mol. The summed E-state index contributed by atoms with van der Waals surface area (Å²) in [6.45, 7) is 5.80. The van der Waals surface area contributed by atoms with Gasteiger partial charge >= 0.3 is 0 Å². The van der Waals surface area contributed by atoms with Gasteiger partial charge in [0.1, 0.15) is 12.4 Å². The smallest absolute Gasteiger partial charge is 0.120 e. The fourth-order valence-electron chi connectivity index (χ4n) is 3.01. The first-order chi connectivity index (χ1) is 10.3. The van der Waals surface area contributed by atoms with Crippen LogP contribution in [0.25, 0.3) is 0 Å². The van der Waals surface area contributed by atoms with Gasteiger partial charge in [-0.25, -0.2) is 0 Å². The Morgan fingerprint density at radius 1 is 1.29 bits per heavy atom. The average Bonchev–Trinajstić information content (AvgIpc) is 2.88. The van der Waals surface area contributed by atoms with Crippen molar-refractivity contribution in [2.24, 2.45) is 0 Å². The fourth-order valence-corrected chi connectivity index (χ4v) is 3.01. The van der Waals surface area contributed by atoms with Crippen molar-refractivity contribution in [1.29, 1.82) is 0 Å². The zero-order valence-corrected chi connectivity index (χ0v) is 12.7. The van der Waals surface area contributed by atoms with E-state index in [9.17, 15) is 0 Å². The van der Waals surface area contributed by atoms with E-state index in [2.05, 4.69) is 41.5 Å². The summed E-state index contributed by atoms with van der Waals surface area (Å²) in [6.07, 6.45) is 6.05. The predicted molar refractivity (Wildman–Crippen MR) is 84.5 cm³/mol. The number of rotatable bonds is 5. The Bertz CT molecular complexity index is 624. The van der Waals surface area contributed by atoms with E-state index in [1.165, 1.54) is 23.1 Å². The molecule has 1 N–H and O–H groups in total. The van der Waals surface area contributed by atoms with E-state index in [4.69, 9.17) is 4.74 Å². The SMILES string of the molecule is CCNC1CCc2cc(OCc3cncc(C)c3)ccc21. The summed E-state index contributed by atoms with van der Waals surface area (Å²) in [7, 11) is 0. The minimum atomic E-state index is 0.514. The Morgan fingerprint density at radius 3 is 3.00 bits per heavy atom. The summed E-state index contributed by atoms with van der Waals surface area (Å²) in [5.41, 5.74) is 5.13. The minimum absolute atomic E-state index is 0.514. The molecular weight excluding hydrogens is 260 g/mol. The summed E-state index contributed by atoms with van der Waals surface area (Å²) in [5, 5.41) is 3.54. The van der Waals surface area contributed by atoms with Crippen LogP contribution in [-0.4, -0.2) is 11.5 Å². The molecule has 0 saturated carbocycles. The lowest BCUT2D eigenvalue weighted by atomic mass is 10.1. The van der Waals surface area contributed by atoms with Crippen LogP contribution < -0.4 is 10.1 Å². The van der Waals surface area contributed by atoms with E-state index in [0.717, 1.165) is 24.3 Å². The van der Waals surface area contributed by atoms with Crippen molar-refractivity contribution >= 4 is 0 Å². The Hall–Kier alpha value is -1.87. The van der Waals surface area contributed by atoms with Gasteiger partial charge in [-0.2, -0.15) is 0 Å². The van der Waals surface area contributed by atoms with Gasteiger partial charge in [-0.3, -0.25) is 4.98 Å². The number of ether oxygens (including phenoxy) is 1. The molecule has 0 spiro atoms. The van der Waals surface area contributed by atoms with Gasteiger partial charge in [-0.1, -0.05) is 13.0 Å². The van der Waals surface area contributed by atoms with Crippen LogP contribution in [0.15, 0.2) is 36.7 Å². The molecule has 21 heavy (non-hydrogen) atoms. The first kappa shape index (κ1) is 14.1. The highest BCUT2D eigenvalue weighted by molar-refractivity contribution is 5.40. The number of aryl methyl sites for hydroxylation is 2. The topological polar surface area (TPSA) is 34.1 Å². The van der Waals surface area contributed by atoms with Crippen molar-refractivity contribution in [2.45, 2.75) is 39.3 Å². The Morgan fingerprint density at radius 2 is 2.19 bits per heavy atom. The molecule has 1 aromatic heterocycles. The highest BCUT2D eigenvalue weighted by Gasteiger charge is 2.21. The number of benzene rings is 1. The van der Waals surface area contributed by atoms with Crippen molar-refractivity contribution in [3.05, 3.63) is 58.9 Å². The molecule has 3 heteroatoms. The van der Waals surface area contributed by atoms with Crippen LogP contribution in [-0.2, 0) is 13.0 Å². The van der Waals surface area contributed by atoms with Crippen LogP contribution in [0, 0.1) is 6.92 Å². The Balaban J connectivity index is 1.68. The van der Waals surface area contributed by atoms with Gasteiger partial charge in [0, 0.05) is 24.0 Å². The molecule has 0 bridgehead atoms. The highest BCUT2D eigenvalue weighted by Crippen LogP contribution is 2.33. The van der Waals surface area contributed by atoms with Gasteiger partial charge in [0.2, 0.25) is 0 Å². The van der Waals surface area contributed by atoms with Crippen LogP contribution in [0.2, 0.25) is 0 Å². The summed E-state index contributed by atoms with van der Waals surface area (Å²) >= 11 is 0. The van der Waals surface area contributed by atoms with Gasteiger partial charge in [-0.15, -0.1) is 0 Å². The van der Waals surface area contributed by atoms with Gasteiger partial charge in [0.05, 0.1) is 0 Å². The minimum Gasteiger partial charge on any atom is -0.489 e. The molecule has 110 valence electrons. The predicted octanol–water partition coefficient (Wildman–Crippen LogP) is 3.57. The van der Waals surface area contributed by atoms with E-state index in [-0.39, 0.29) is 0 Å². The van der Waals surface area contributed by atoms with Crippen molar-refractivity contribution in [1.82, 2.24) is 10.3 Å². The van der Waals surface area contributed by atoms with Crippen LogP contribution >= 0.6 is 0 Å². The van der Waals surface area contributed by atoms with Crippen molar-refractivity contribution in [3.8, 4) is 5.75 Å². The highest BCUT2D eigenvalue weighted by atomic mass is 16.5. The number of aromatic nitrogens is 1. The lowest BCUT2D eigenvalue weighted by Gasteiger charge is -2.13. The maximum atomic E-state index is 5.91. The van der Waals surface area contributed by atoms with Gasteiger partial charge in [0.25, 0.3) is 0 Å². The normalized spacial score (nSPS) is 16.8. The summed E-state index contributed by atoms with van der Waals surface area (Å²) in [5.74, 6) is 0.951. The lowest BCUT2D eigenvalue weighted by molar-refractivity contribution is 0.305. The molecule has 0 aliphatic heterocycles. The number of hydrogen-bond acceptors (Lipinski definition) is 3. The van der Waals surface area contributed by atoms with Crippen LogP contribution in [0.4, 0.5) is 0 Å². The van der Waals surface area contributed by atoms with Crippen molar-refractivity contribution in [3.63, 3.8) is 0 Å². The Labute approximate surface area is 126 Å².